The molecule has 0 saturated heterocycles. The van der Waals surface area contributed by atoms with Crippen LogP contribution in [-0.4, -0.2) is 19.7 Å². The number of pyridine rings is 1. The molecule has 0 aliphatic heterocycles. The van der Waals surface area contributed by atoms with Gasteiger partial charge in [-0.2, -0.15) is 0 Å². The van der Waals surface area contributed by atoms with Crippen LogP contribution in [0.5, 0.6) is 0 Å². The van der Waals surface area contributed by atoms with Crippen LogP contribution in [0.15, 0.2) is 88.8 Å². The molecule has 2 aromatic heterocycles. The van der Waals surface area contributed by atoms with Crippen LogP contribution >= 0.6 is 11.8 Å². The highest BCUT2D eigenvalue weighted by atomic mass is 32.2. The largest absolute Gasteiger partial charge is 0.322 e. The number of hydrogen-bond donors (Lipinski definition) is 1. The summed E-state index contributed by atoms with van der Waals surface area (Å²) in [6.07, 6.45) is 0. The van der Waals surface area contributed by atoms with Crippen molar-refractivity contribution in [1.82, 2.24) is 19.7 Å². The average Bonchev–Trinajstić information content (AvgIpc) is 3.22. The number of thioether (sulfide) groups is 1. The van der Waals surface area contributed by atoms with Crippen LogP contribution in [0.4, 0.5) is 4.39 Å². The lowest BCUT2D eigenvalue weighted by Crippen LogP contribution is -2.06. The van der Waals surface area contributed by atoms with Gasteiger partial charge in [-0.25, -0.2) is 4.39 Å². The lowest BCUT2D eigenvalue weighted by molar-refractivity contribution is 0.628. The molecule has 5 aromatic rings. The fraction of sp³-hybridized carbons (Fsp3) is 0.0800. The number of para-hydroxylation sites is 1. The molecular weight excluding hydrogens is 423 g/mol. The number of halogens is 1. The molecule has 0 spiro atoms. The second kappa shape index (κ2) is 8.43. The summed E-state index contributed by atoms with van der Waals surface area (Å²) >= 11 is 1.50. The second-order valence-electron chi connectivity index (χ2n) is 7.48. The standard InChI is InChI=1S/C25H19FN4OS/c1-16-7-12-21-18(14-23(31)27-22(21)13-16)15-32-25-29-28-24(17-8-10-19(26)11-9-17)30(25)20-5-3-2-4-6-20/h2-14H,15H2,1H3,(H,27,31). The van der Waals surface area contributed by atoms with E-state index in [0.717, 1.165) is 33.3 Å². The van der Waals surface area contributed by atoms with Crippen molar-refractivity contribution in [3.8, 4) is 17.1 Å². The SMILES string of the molecule is Cc1ccc2c(CSc3nnc(-c4ccc(F)cc4)n3-c3ccccc3)cc(=O)[nH]c2c1. The molecule has 5 rings (SSSR count). The van der Waals surface area contributed by atoms with E-state index in [0.29, 0.717) is 16.7 Å². The monoisotopic (exact) mass is 442 g/mol. The third kappa shape index (κ3) is 3.94. The minimum atomic E-state index is -0.300. The normalized spacial score (nSPS) is 11.2. The zero-order valence-corrected chi connectivity index (χ0v) is 18.1. The first-order valence-electron chi connectivity index (χ1n) is 10.1. The molecule has 0 amide bonds. The van der Waals surface area contributed by atoms with Crippen LogP contribution in [0.1, 0.15) is 11.1 Å². The molecule has 3 aromatic carbocycles. The van der Waals surface area contributed by atoms with Gasteiger partial charge in [0.15, 0.2) is 11.0 Å². The van der Waals surface area contributed by atoms with E-state index in [1.807, 2.05) is 60.0 Å². The zero-order chi connectivity index (χ0) is 22.1. The van der Waals surface area contributed by atoms with Gasteiger partial charge in [0.1, 0.15) is 5.82 Å². The number of nitrogens with one attached hydrogen (secondary N) is 1. The predicted octanol–water partition coefficient (Wildman–Crippen LogP) is 5.52. The number of benzene rings is 3. The number of aromatic nitrogens is 4. The van der Waals surface area contributed by atoms with Gasteiger partial charge in [0, 0.05) is 34.0 Å². The Labute approximate surface area is 188 Å². The maximum absolute atomic E-state index is 13.4. The van der Waals surface area contributed by atoms with Gasteiger partial charge in [0.05, 0.1) is 0 Å². The summed E-state index contributed by atoms with van der Waals surface area (Å²) in [7, 11) is 0. The first-order valence-corrected chi connectivity index (χ1v) is 11.1. The van der Waals surface area contributed by atoms with E-state index in [9.17, 15) is 9.18 Å². The smallest absolute Gasteiger partial charge is 0.248 e. The Balaban J connectivity index is 1.56. The van der Waals surface area contributed by atoms with Crippen LogP contribution in [0.2, 0.25) is 0 Å². The van der Waals surface area contributed by atoms with Crippen molar-refractivity contribution in [1.29, 1.82) is 0 Å². The van der Waals surface area contributed by atoms with Crippen molar-refractivity contribution in [2.45, 2.75) is 17.8 Å². The van der Waals surface area contributed by atoms with Crippen molar-refractivity contribution < 1.29 is 4.39 Å². The molecular formula is C25H19FN4OS. The zero-order valence-electron chi connectivity index (χ0n) is 17.2. The van der Waals surface area contributed by atoms with Gasteiger partial charge < -0.3 is 4.98 Å². The first-order chi connectivity index (χ1) is 15.6. The van der Waals surface area contributed by atoms with E-state index in [1.54, 1.807) is 18.2 Å². The molecule has 158 valence electrons. The summed E-state index contributed by atoms with van der Waals surface area (Å²) in [5.74, 6) is 0.883. The quantitative estimate of drug-likeness (QED) is 0.364. The molecule has 0 radical (unpaired) electrons. The number of H-pyrrole nitrogens is 1. The van der Waals surface area contributed by atoms with Crippen molar-refractivity contribution in [3.63, 3.8) is 0 Å². The number of hydrogen-bond acceptors (Lipinski definition) is 4. The van der Waals surface area contributed by atoms with Crippen LogP contribution in [0.25, 0.3) is 28.0 Å². The van der Waals surface area contributed by atoms with Gasteiger partial charge in [0.2, 0.25) is 5.56 Å². The summed E-state index contributed by atoms with van der Waals surface area (Å²) in [6.45, 7) is 2.00. The Kier molecular flexibility index (Phi) is 5.33. The first kappa shape index (κ1) is 20.2. The maximum atomic E-state index is 13.4. The number of nitrogens with zero attached hydrogens (tertiary/aromatic N) is 3. The Morgan fingerprint density at radius 2 is 1.75 bits per heavy atom. The lowest BCUT2D eigenvalue weighted by Gasteiger charge is -2.11. The Morgan fingerprint density at radius 1 is 0.969 bits per heavy atom. The van der Waals surface area contributed by atoms with Gasteiger partial charge in [-0.05, 0) is 60.5 Å². The maximum Gasteiger partial charge on any atom is 0.248 e. The highest BCUT2D eigenvalue weighted by Gasteiger charge is 2.17. The van der Waals surface area contributed by atoms with Gasteiger partial charge >= 0.3 is 0 Å². The van der Waals surface area contributed by atoms with Gasteiger partial charge in [0.25, 0.3) is 0 Å². The molecule has 0 fully saturated rings. The number of fused-ring (bicyclic) bond motifs is 1. The van der Waals surface area contributed by atoms with Crippen LogP contribution in [-0.2, 0) is 5.75 Å². The summed E-state index contributed by atoms with van der Waals surface area (Å²) < 4.78 is 15.4. The second-order valence-corrected chi connectivity index (χ2v) is 8.42. The Morgan fingerprint density at radius 3 is 2.53 bits per heavy atom. The highest BCUT2D eigenvalue weighted by Crippen LogP contribution is 2.31. The van der Waals surface area contributed by atoms with Gasteiger partial charge in [-0.15, -0.1) is 10.2 Å². The molecule has 0 aliphatic rings. The molecule has 0 atom stereocenters. The van der Waals surface area contributed by atoms with E-state index in [4.69, 9.17) is 0 Å². The predicted molar refractivity (Wildman–Crippen MR) is 126 cm³/mol. The third-order valence-corrected chi connectivity index (χ3v) is 6.17. The average molecular weight is 443 g/mol. The number of aryl methyl sites for hydroxylation is 1. The fourth-order valence-electron chi connectivity index (χ4n) is 3.67. The van der Waals surface area contributed by atoms with Crippen LogP contribution in [0, 0.1) is 12.7 Å². The van der Waals surface area contributed by atoms with E-state index in [2.05, 4.69) is 15.2 Å². The summed E-state index contributed by atoms with van der Waals surface area (Å²) in [5, 5.41) is 10.5. The molecule has 32 heavy (non-hydrogen) atoms. The minimum Gasteiger partial charge on any atom is -0.322 e. The van der Waals surface area contributed by atoms with Crippen molar-refractivity contribution in [3.05, 3.63) is 106 Å². The minimum absolute atomic E-state index is 0.129. The molecule has 1 N–H and O–H groups in total. The van der Waals surface area contributed by atoms with E-state index < -0.39 is 0 Å². The number of aromatic amines is 1. The van der Waals surface area contributed by atoms with Crippen molar-refractivity contribution in [2.24, 2.45) is 0 Å². The summed E-state index contributed by atoms with van der Waals surface area (Å²) in [6, 6.07) is 23.7. The summed E-state index contributed by atoms with van der Waals surface area (Å²) in [5.41, 5.74) is 4.39. The fourth-order valence-corrected chi connectivity index (χ4v) is 4.61. The molecule has 5 nitrogen and oxygen atoms in total. The molecule has 0 aliphatic carbocycles. The molecule has 0 bridgehead atoms. The number of rotatable bonds is 5. The molecule has 2 heterocycles. The summed E-state index contributed by atoms with van der Waals surface area (Å²) in [4.78, 5) is 15.1. The van der Waals surface area contributed by atoms with E-state index in [1.165, 1.54) is 23.9 Å². The van der Waals surface area contributed by atoms with Gasteiger partial charge in [-0.1, -0.05) is 42.1 Å². The van der Waals surface area contributed by atoms with E-state index >= 15 is 0 Å². The lowest BCUT2D eigenvalue weighted by atomic mass is 10.1. The van der Waals surface area contributed by atoms with Crippen molar-refractivity contribution in [2.75, 3.05) is 0 Å². The third-order valence-electron chi connectivity index (χ3n) is 5.19. The Hall–Kier alpha value is -3.71. The van der Waals surface area contributed by atoms with Crippen LogP contribution in [0.3, 0.4) is 0 Å². The molecule has 0 saturated carbocycles. The molecule has 7 heteroatoms. The van der Waals surface area contributed by atoms with Crippen LogP contribution < -0.4 is 5.56 Å². The van der Waals surface area contributed by atoms with E-state index in [-0.39, 0.29) is 11.4 Å². The molecule has 0 unspecified atom stereocenters. The highest BCUT2D eigenvalue weighted by molar-refractivity contribution is 7.98. The van der Waals surface area contributed by atoms with Gasteiger partial charge in [-0.3, -0.25) is 9.36 Å². The Bertz CT molecular complexity index is 1460. The van der Waals surface area contributed by atoms with Crippen molar-refractivity contribution >= 4 is 22.7 Å². The topological polar surface area (TPSA) is 63.6 Å².